The summed E-state index contributed by atoms with van der Waals surface area (Å²) >= 11 is 0. The lowest BCUT2D eigenvalue weighted by atomic mass is 9.79. The van der Waals surface area contributed by atoms with E-state index < -0.39 is 5.41 Å². The first-order valence-corrected chi connectivity index (χ1v) is 7.04. The number of benzene rings is 1. The fourth-order valence-corrected chi connectivity index (χ4v) is 2.36. The topological polar surface area (TPSA) is 58.9 Å². The lowest BCUT2D eigenvalue weighted by Crippen LogP contribution is -2.33. The Kier molecular flexibility index (Phi) is 6.82. The zero-order valence-electron chi connectivity index (χ0n) is 12.6. The van der Waals surface area contributed by atoms with Crippen molar-refractivity contribution in [2.24, 2.45) is 11.3 Å². The van der Waals surface area contributed by atoms with Crippen LogP contribution in [-0.4, -0.2) is 37.1 Å². The maximum Gasteiger partial charge on any atom is 0.119 e. The SMILES string of the molecule is COc1ccc(OCCC(CO)(CO)CC(C)C)cc1. The predicted octanol–water partition coefficient (Wildman–Crippen LogP) is 2.48. The molecule has 0 atom stereocenters. The molecule has 0 amide bonds. The first-order chi connectivity index (χ1) is 9.55. The molecule has 1 aromatic rings. The molecule has 0 saturated heterocycles. The molecule has 0 aromatic heterocycles. The average molecular weight is 282 g/mol. The highest BCUT2D eigenvalue weighted by Crippen LogP contribution is 2.30. The van der Waals surface area contributed by atoms with Crippen molar-refractivity contribution in [1.29, 1.82) is 0 Å². The maximum atomic E-state index is 9.56. The number of aliphatic hydroxyl groups is 2. The summed E-state index contributed by atoms with van der Waals surface area (Å²) in [4.78, 5) is 0. The second kappa shape index (κ2) is 8.12. The number of hydrogen-bond donors (Lipinski definition) is 2. The molecule has 0 fully saturated rings. The molecule has 0 bridgehead atoms. The van der Waals surface area contributed by atoms with Crippen molar-refractivity contribution < 1.29 is 19.7 Å². The van der Waals surface area contributed by atoms with E-state index in [1.165, 1.54) is 0 Å². The fraction of sp³-hybridized carbons (Fsp3) is 0.625. The van der Waals surface area contributed by atoms with Gasteiger partial charge < -0.3 is 19.7 Å². The number of hydrogen-bond acceptors (Lipinski definition) is 4. The van der Waals surface area contributed by atoms with Crippen LogP contribution in [0.1, 0.15) is 26.7 Å². The van der Waals surface area contributed by atoms with Crippen molar-refractivity contribution in [3.8, 4) is 11.5 Å². The van der Waals surface area contributed by atoms with Crippen LogP contribution in [0.2, 0.25) is 0 Å². The highest BCUT2D eigenvalue weighted by atomic mass is 16.5. The molecule has 0 aliphatic heterocycles. The van der Waals surface area contributed by atoms with Crippen molar-refractivity contribution in [3.05, 3.63) is 24.3 Å². The van der Waals surface area contributed by atoms with E-state index in [9.17, 15) is 10.2 Å². The molecule has 0 spiro atoms. The minimum Gasteiger partial charge on any atom is -0.497 e. The Morgan fingerprint density at radius 3 is 2.05 bits per heavy atom. The van der Waals surface area contributed by atoms with Crippen molar-refractivity contribution in [2.45, 2.75) is 26.7 Å². The van der Waals surface area contributed by atoms with Gasteiger partial charge >= 0.3 is 0 Å². The maximum absolute atomic E-state index is 9.56. The molecule has 0 aliphatic rings. The summed E-state index contributed by atoms with van der Waals surface area (Å²) in [7, 11) is 1.62. The molecule has 114 valence electrons. The predicted molar refractivity (Wildman–Crippen MR) is 79.2 cm³/mol. The molecule has 0 aliphatic carbocycles. The minimum atomic E-state index is -0.458. The average Bonchev–Trinajstić information content (AvgIpc) is 2.46. The van der Waals surface area contributed by atoms with E-state index >= 15 is 0 Å². The smallest absolute Gasteiger partial charge is 0.119 e. The summed E-state index contributed by atoms with van der Waals surface area (Å²) in [5, 5.41) is 19.1. The lowest BCUT2D eigenvalue weighted by molar-refractivity contribution is 0.0191. The molecule has 0 radical (unpaired) electrons. The Balaban J connectivity index is 2.50. The van der Waals surface area contributed by atoms with E-state index in [0.29, 0.717) is 18.9 Å². The van der Waals surface area contributed by atoms with Gasteiger partial charge in [-0.25, -0.2) is 0 Å². The summed E-state index contributed by atoms with van der Waals surface area (Å²) in [6.07, 6.45) is 1.41. The molecule has 4 heteroatoms. The Labute approximate surface area is 121 Å². The second-order valence-electron chi connectivity index (χ2n) is 5.69. The van der Waals surface area contributed by atoms with E-state index in [1.807, 2.05) is 24.3 Å². The Morgan fingerprint density at radius 1 is 1.05 bits per heavy atom. The van der Waals surface area contributed by atoms with Gasteiger partial charge in [0.05, 0.1) is 26.9 Å². The van der Waals surface area contributed by atoms with Crippen LogP contribution in [0.4, 0.5) is 0 Å². The largest absolute Gasteiger partial charge is 0.497 e. The third-order valence-electron chi connectivity index (χ3n) is 3.47. The fourth-order valence-electron chi connectivity index (χ4n) is 2.36. The van der Waals surface area contributed by atoms with Gasteiger partial charge in [0.25, 0.3) is 0 Å². The van der Waals surface area contributed by atoms with Gasteiger partial charge in [-0.1, -0.05) is 13.8 Å². The normalized spacial score (nSPS) is 11.7. The highest BCUT2D eigenvalue weighted by Gasteiger charge is 2.29. The van der Waals surface area contributed by atoms with Gasteiger partial charge in [0, 0.05) is 5.41 Å². The van der Waals surface area contributed by atoms with Crippen LogP contribution in [0.15, 0.2) is 24.3 Å². The monoisotopic (exact) mass is 282 g/mol. The summed E-state index contributed by atoms with van der Waals surface area (Å²) in [6.45, 7) is 4.61. The molecule has 2 N–H and O–H groups in total. The van der Waals surface area contributed by atoms with Gasteiger partial charge in [-0.2, -0.15) is 0 Å². The first kappa shape index (κ1) is 16.8. The van der Waals surface area contributed by atoms with Crippen molar-refractivity contribution >= 4 is 0 Å². The van der Waals surface area contributed by atoms with E-state index in [-0.39, 0.29) is 13.2 Å². The van der Waals surface area contributed by atoms with Crippen LogP contribution >= 0.6 is 0 Å². The minimum absolute atomic E-state index is 0.0202. The Morgan fingerprint density at radius 2 is 1.60 bits per heavy atom. The van der Waals surface area contributed by atoms with Crippen LogP contribution in [0.5, 0.6) is 11.5 Å². The van der Waals surface area contributed by atoms with Crippen LogP contribution in [0.25, 0.3) is 0 Å². The molecule has 20 heavy (non-hydrogen) atoms. The molecular formula is C16H26O4. The van der Waals surface area contributed by atoms with E-state index in [2.05, 4.69) is 13.8 Å². The Bertz CT molecular complexity index is 369. The standard InChI is InChI=1S/C16H26O4/c1-13(2)10-16(11-17,12-18)8-9-20-15-6-4-14(19-3)5-7-15/h4-7,13,17-18H,8-12H2,1-3H3. The highest BCUT2D eigenvalue weighted by molar-refractivity contribution is 5.31. The third-order valence-corrected chi connectivity index (χ3v) is 3.47. The van der Waals surface area contributed by atoms with Crippen LogP contribution < -0.4 is 9.47 Å². The second-order valence-corrected chi connectivity index (χ2v) is 5.69. The molecular weight excluding hydrogens is 256 g/mol. The quantitative estimate of drug-likeness (QED) is 0.730. The first-order valence-electron chi connectivity index (χ1n) is 7.04. The van der Waals surface area contributed by atoms with Gasteiger partial charge in [-0.15, -0.1) is 0 Å². The molecule has 0 saturated carbocycles. The van der Waals surface area contributed by atoms with E-state index in [4.69, 9.17) is 9.47 Å². The number of ether oxygens (including phenoxy) is 2. The summed E-state index contributed by atoms with van der Waals surface area (Å²) in [6, 6.07) is 7.38. The van der Waals surface area contributed by atoms with Crippen molar-refractivity contribution in [2.75, 3.05) is 26.9 Å². The summed E-state index contributed by atoms with van der Waals surface area (Å²) in [5.41, 5.74) is -0.458. The zero-order valence-corrected chi connectivity index (χ0v) is 12.6. The van der Waals surface area contributed by atoms with Crippen LogP contribution in [-0.2, 0) is 0 Å². The van der Waals surface area contributed by atoms with E-state index in [1.54, 1.807) is 7.11 Å². The van der Waals surface area contributed by atoms with Crippen molar-refractivity contribution in [3.63, 3.8) is 0 Å². The molecule has 4 nitrogen and oxygen atoms in total. The molecule has 1 aromatic carbocycles. The summed E-state index contributed by atoms with van der Waals surface area (Å²) in [5.74, 6) is 1.98. The number of rotatable bonds is 9. The number of methoxy groups -OCH3 is 1. The third kappa shape index (κ3) is 5.02. The lowest BCUT2D eigenvalue weighted by Gasteiger charge is -2.31. The Hall–Kier alpha value is -1.26. The van der Waals surface area contributed by atoms with Gasteiger partial charge in [-0.3, -0.25) is 0 Å². The summed E-state index contributed by atoms with van der Waals surface area (Å²) < 4.78 is 10.8. The van der Waals surface area contributed by atoms with Crippen LogP contribution in [0, 0.1) is 11.3 Å². The zero-order chi connectivity index (χ0) is 15.0. The number of aliphatic hydroxyl groups excluding tert-OH is 2. The van der Waals surface area contributed by atoms with Gasteiger partial charge in [0.2, 0.25) is 0 Å². The van der Waals surface area contributed by atoms with E-state index in [0.717, 1.165) is 17.9 Å². The molecule has 1 rings (SSSR count). The molecule has 0 heterocycles. The van der Waals surface area contributed by atoms with Gasteiger partial charge in [0.1, 0.15) is 11.5 Å². The van der Waals surface area contributed by atoms with Gasteiger partial charge in [-0.05, 0) is 43.0 Å². The van der Waals surface area contributed by atoms with Crippen molar-refractivity contribution in [1.82, 2.24) is 0 Å². The van der Waals surface area contributed by atoms with Gasteiger partial charge in [0.15, 0.2) is 0 Å². The van der Waals surface area contributed by atoms with Crippen LogP contribution in [0.3, 0.4) is 0 Å². The molecule has 0 unspecified atom stereocenters.